The van der Waals surface area contributed by atoms with Crippen molar-refractivity contribution in [2.45, 2.75) is 23.0 Å². The molecule has 1 fully saturated rings. The molecule has 0 atom stereocenters. The van der Waals surface area contributed by atoms with E-state index in [1.165, 1.54) is 0 Å². The molecule has 6 nitrogen and oxygen atoms in total. The van der Waals surface area contributed by atoms with E-state index in [1.54, 1.807) is 68.0 Å². The number of hydrogen-bond donors (Lipinski definition) is 0. The van der Waals surface area contributed by atoms with E-state index < -0.39 is 15.1 Å². The number of hydrogen-bond acceptors (Lipinski definition) is 6. The van der Waals surface area contributed by atoms with Gasteiger partial charge in [-0.25, -0.2) is 8.42 Å². The predicted molar refractivity (Wildman–Crippen MR) is 118 cm³/mol. The van der Waals surface area contributed by atoms with E-state index in [1.807, 2.05) is 11.0 Å². The number of methoxy groups -OCH3 is 1. The molecule has 0 saturated carbocycles. The quantitative estimate of drug-likeness (QED) is 0.517. The van der Waals surface area contributed by atoms with Crippen LogP contribution in [0.1, 0.15) is 23.2 Å². The van der Waals surface area contributed by atoms with Crippen LogP contribution in [0.3, 0.4) is 0 Å². The SMILES string of the molecule is COc1cccc(C(=O)CN2CCC(S(=O)(=O)c3ccc(-c4ccco4)cc3)CC2)c1. The van der Waals surface area contributed by atoms with Crippen molar-refractivity contribution in [3.05, 3.63) is 72.5 Å². The Labute approximate surface area is 182 Å². The van der Waals surface area contributed by atoms with Gasteiger partial charge in [0.1, 0.15) is 11.5 Å². The summed E-state index contributed by atoms with van der Waals surface area (Å²) in [7, 11) is -1.85. The van der Waals surface area contributed by atoms with Crippen molar-refractivity contribution in [2.24, 2.45) is 0 Å². The number of carbonyl (C=O) groups is 1. The summed E-state index contributed by atoms with van der Waals surface area (Å²) in [6.45, 7) is 1.42. The maximum Gasteiger partial charge on any atom is 0.181 e. The molecule has 0 N–H and O–H groups in total. The number of benzene rings is 2. The topological polar surface area (TPSA) is 76.8 Å². The molecule has 1 saturated heterocycles. The molecule has 1 aliphatic heterocycles. The number of furan rings is 1. The summed E-state index contributed by atoms with van der Waals surface area (Å²) in [5.41, 5.74) is 1.44. The van der Waals surface area contributed by atoms with E-state index in [4.69, 9.17) is 9.15 Å². The zero-order valence-corrected chi connectivity index (χ0v) is 18.2. The normalized spacial score (nSPS) is 15.6. The van der Waals surface area contributed by atoms with Crippen LogP contribution >= 0.6 is 0 Å². The summed E-state index contributed by atoms with van der Waals surface area (Å²) in [6.07, 6.45) is 2.61. The molecule has 162 valence electrons. The van der Waals surface area contributed by atoms with E-state index >= 15 is 0 Å². The van der Waals surface area contributed by atoms with Gasteiger partial charge in [-0.05, 0) is 74.5 Å². The van der Waals surface area contributed by atoms with E-state index in [2.05, 4.69) is 0 Å². The second-order valence-electron chi connectivity index (χ2n) is 7.68. The van der Waals surface area contributed by atoms with Crippen LogP contribution < -0.4 is 4.74 Å². The third kappa shape index (κ3) is 4.73. The van der Waals surface area contributed by atoms with Crippen LogP contribution in [0.5, 0.6) is 5.75 Å². The molecule has 7 heteroatoms. The van der Waals surface area contributed by atoms with Crippen LogP contribution in [0.15, 0.2) is 76.2 Å². The van der Waals surface area contributed by atoms with Crippen LogP contribution in [-0.4, -0.2) is 51.1 Å². The first-order chi connectivity index (χ1) is 15.0. The molecule has 0 unspecified atom stereocenters. The molecule has 0 bridgehead atoms. The Kier molecular flexibility index (Phi) is 6.25. The van der Waals surface area contributed by atoms with Gasteiger partial charge in [-0.15, -0.1) is 0 Å². The maximum absolute atomic E-state index is 13.1. The fourth-order valence-corrected chi connectivity index (χ4v) is 5.64. The lowest BCUT2D eigenvalue weighted by molar-refractivity contribution is 0.0916. The van der Waals surface area contributed by atoms with Gasteiger partial charge in [0.2, 0.25) is 0 Å². The highest BCUT2D eigenvalue weighted by Crippen LogP contribution is 2.27. The van der Waals surface area contributed by atoms with Gasteiger partial charge < -0.3 is 9.15 Å². The molecule has 3 aromatic rings. The van der Waals surface area contributed by atoms with Gasteiger partial charge in [0.15, 0.2) is 15.6 Å². The lowest BCUT2D eigenvalue weighted by Gasteiger charge is -2.31. The molecule has 31 heavy (non-hydrogen) atoms. The lowest BCUT2D eigenvalue weighted by Crippen LogP contribution is -2.41. The second-order valence-corrected chi connectivity index (χ2v) is 9.91. The standard InChI is InChI=1S/C24H25NO5S/c1-29-20-5-2-4-19(16-20)23(26)17-25-13-11-22(12-14-25)31(27,28)21-9-7-18(8-10-21)24-6-3-15-30-24/h2-10,15-16,22H,11-14,17H2,1H3. The van der Waals surface area contributed by atoms with Crippen molar-refractivity contribution in [2.75, 3.05) is 26.7 Å². The fourth-order valence-electron chi connectivity index (χ4n) is 3.91. The lowest BCUT2D eigenvalue weighted by atomic mass is 10.1. The molecule has 1 aliphatic rings. The highest BCUT2D eigenvalue weighted by Gasteiger charge is 2.32. The molecule has 1 aromatic heterocycles. The van der Waals surface area contributed by atoms with E-state index in [-0.39, 0.29) is 12.3 Å². The zero-order valence-electron chi connectivity index (χ0n) is 17.4. The number of carbonyl (C=O) groups excluding carboxylic acids is 1. The number of Topliss-reactive ketones (excluding diaryl/α,β-unsaturated/α-hetero) is 1. The van der Waals surface area contributed by atoms with Crippen LogP contribution in [0.2, 0.25) is 0 Å². The number of ketones is 1. The summed E-state index contributed by atoms with van der Waals surface area (Å²) in [5.74, 6) is 1.36. The highest BCUT2D eigenvalue weighted by atomic mass is 32.2. The first-order valence-electron chi connectivity index (χ1n) is 10.2. The highest BCUT2D eigenvalue weighted by molar-refractivity contribution is 7.92. The Hall–Kier alpha value is -2.90. The molecule has 0 radical (unpaired) electrons. The van der Waals surface area contributed by atoms with Crippen LogP contribution in [0.25, 0.3) is 11.3 Å². The smallest absolute Gasteiger partial charge is 0.181 e. The minimum Gasteiger partial charge on any atom is -0.497 e. The number of likely N-dealkylation sites (tertiary alicyclic amines) is 1. The number of ether oxygens (including phenoxy) is 1. The van der Waals surface area contributed by atoms with Crippen molar-refractivity contribution in [3.63, 3.8) is 0 Å². The maximum atomic E-state index is 13.1. The summed E-state index contributed by atoms with van der Waals surface area (Å²) >= 11 is 0. The van der Waals surface area contributed by atoms with Gasteiger partial charge in [-0.2, -0.15) is 0 Å². The van der Waals surface area contributed by atoms with Crippen molar-refractivity contribution in [1.29, 1.82) is 0 Å². The average Bonchev–Trinajstić information content (AvgIpc) is 3.34. The Morgan fingerprint density at radius 1 is 1.06 bits per heavy atom. The number of rotatable bonds is 7. The summed E-state index contributed by atoms with van der Waals surface area (Å²) in [6, 6.07) is 17.6. The van der Waals surface area contributed by atoms with Crippen molar-refractivity contribution in [3.8, 4) is 17.1 Å². The van der Waals surface area contributed by atoms with Crippen molar-refractivity contribution in [1.82, 2.24) is 4.90 Å². The third-order valence-corrected chi connectivity index (χ3v) is 8.00. The summed E-state index contributed by atoms with van der Waals surface area (Å²) in [5, 5.41) is -0.440. The minimum absolute atomic E-state index is 0.00808. The number of sulfone groups is 1. The van der Waals surface area contributed by atoms with Crippen LogP contribution in [0, 0.1) is 0 Å². The molecule has 0 aliphatic carbocycles. The monoisotopic (exact) mass is 439 g/mol. The first-order valence-corrected chi connectivity index (χ1v) is 11.8. The predicted octanol–water partition coefficient (Wildman–Crippen LogP) is 4.08. The van der Waals surface area contributed by atoms with Gasteiger partial charge in [-0.3, -0.25) is 9.69 Å². The van der Waals surface area contributed by atoms with Gasteiger partial charge in [-0.1, -0.05) is 12.1 Å². The number of piperidine rings is 1. The van der Waals surface area contributed by atoms with Crippen molar-refractivity contribution < 1.29 is 22.4 Å². The molecule has 2 aromatic carbocycles. The van der Waals surface area contributed by atoms with Crippen LogP contribution in [-0.2, 0) is 9.84 Å². The molecule has 2 heterocycles. The molecule has 0 amide bonds. The first kappa shape index (κ1) is 21.3. The summed E-state index contributed by atoms with van der Waals surface area (Å²) in [4.78, 5) is 14.9. The van der Waals surface area contributed by atoms with Crippen molar-refractivity contribution >= 4 is 15.6 Å². The fraction of sp³-hybridized carbons (Fsp3) is 0.292. The zero-order chi connectivity index (χ0) is 21.8. The molecular weight excluding hydrogens is 414 g/mol. The van der Waals surface area contributed by atoms with E-state index in [0.29, 0.717) is 47.9 Å². The van der Waals surface area contributed by atoms with E-state index in [9.17, 15) is 13.2 Å². The molecular formula is C24H25NO5S. The van der Waals surface area contributed by atoms with Gasteiger partial charge in [0.25, 0.3) is 0 Å². The largest absolute Gasteiger partial charge is 0.497 e. The minimum atomic E-state index is -3.42. The third-order valence-electron chi connectivity index (χ3n) is 5.72. The van der Waals surface area contributed by atoms with Gasteiger partial charge >= 0.3 is 0 Å². The summed E-state index contributed by atoms with van der Waals surface area (Å²) < 4.78 is 36.7. The molecule has 4 rings (SSSR count). The Morgan fingerprint density at radius 2 is 1.81 bits per heavy atom. The average molecular weight is 440 g/mol. The second kappa shape index (κ2) is 9.08. The van der Waals surface area contributed by atoms with Gasteiger partial charge in [0.05, 0.1) is 30.1 Å². The Balaban J connectivity index is 1.37. The van der Waals surface area contributed by atoms with Gasteiger partial charge in [0, 0.05) is 11.1 Å². The van der Waals surface area contributed by atoms with Crippen LogP contribution in [0.4, 0.5) is 0 Å². The number of nitrogens with zero attached hydrogens (tertiary/aromatic N) is 1. The Morgan fingerprint density at radius 3 is 2.45 bits per heavy atom. The molecule has 0 spiro atoms. The van der Waals surface area contributed by atoms with E-state index in [0.717, 1.165) is 5.56 Å². The Bertz CT molecular complexity index is 1130.